The fourth-order valence-electron chi connectivity index (χ4n) is 2.11. The molecule has 0 aliphatic heterocycles. The van der Waals surface area contributed by atoms with E-state index in [-0.39, 0.29) is 11.5 Å². The Morgan fingerprint density at radius 3 is 2.81 bits per heavy atom. The molecule has 0 amide bonds. The van der Waals surface area contributed by atoms with Crippen molar-refractivity contribution in [3.8, 4) is 0 Å². The molecular formula is C15H15BrN2O3. The van der Waals surface area contributed by atoms with E-state index in [1.165, 1.54) is 6.07 Å². The van der Waals surface area contributed by atoms with Crippen LogP contribution in [0.5, 0.6) is 0 Å². The minimum Gasteiger partial charge on any atom is -0.349 e. The molecule has 1 heterocycles. The number of hydrogen-bond donors (Lipinski definition) is 0. The third-order valence-corrected chi connectivity index (χ3v) is 3.64. The number of rotatable bonds is 6. The van der Waals surface area contributed by atoms with Crippen molar-refractivity contribution >= 4 is 27.4 Å². The van der Waals surface area contributed by atoms with Gasteiger partial charge in [0.25, 0.3) is 5.69 Å². The van der Waals surface area contributed by atoms with Crippen LogP contribution in [0.2, 0.25) is 0 Å². The van der Waals surface area contributed by atoms with Gasteiger partial charge >= 0.3 is 0 Å². The van der Waals surface area contributed by atoms with E-state index in [1.54, 1.807) is 35.2 Å². The third-order valence-electron chi connectivity index (χ3n) is 3.15. The normalized spacial score (nSPS) is 10.6. The second-order valence-electron chi connectivity index (χ2n) is 4.78. The lowest BCUT2D eigenvalue weighted by Gasteiger charge is -2.05. The standard InChI is InChI=1S/C15H15BrN2O3/c1-2-3-15(19)12-6-7-17(10-12)9-11-4-5-13(16)8-14(11)18(20)21/h4-8,10H,2-3,9H2,1H3. The summed E-state index contributed by atoms with van der Waals surface area (Å²) in [5.74, 6) is 0.0987. The zero-order valence-corrected chi connectivity index (χ0v) is 13.2. The first-order valence-corrected chi connectivity index (χ1v) is 7.42. The third kappa shape index (κ3) is 3.78. The molecule has 0 radical (unpaired) electrons. The first kappa shape index (κ1) is 15.4. The summed E-state index contributed by atoms with van der Waals surface area (Å²) in [6.07, 6.45) is 4.84. The summed E-state index contributed by atoms with van der Waals surface area (Å²) in [5, 5.41) is 11.1. The number of carbonyl (C=O) groups is 1. The van der Waals surface area contributed by atoms with Gasteiger partial charge in [0.15, 0.2) is 5.78 Å². The Labute approximate surface area is 130 Å². The molecule has 0 N–H and O–H groups in total. The molecule has 5 nitrogen and oxygen atoms in total. The molecule has 2 aromatic rings. The van der Waals surface area contributed by atoms with Crippen LogP contribution in [0.1, 0.15) is 35.7 Å². The molecule has 0 saturated heterocycles. The first-order chi connectivity index (χ1) is 10.0. The van der Waals surface area contributed by atoms with E-state index in [9.17, 15) is 14.9 Å². The van der Waals surface area contributed by atoms with E-state index in [2.05, 4.69) is 15.9 Å². The van der Waals surface area contributed by atoms with E-state index >= 15 is 0 Å². The second-order valence-corrected chi connectivity index (χ2v) is 5.69. The molecule has 110 valence electrons. The van der Waals surface area contributed by atoms with Gasteiger partial charge in [-0.05, 0) is 24.6 Å². The lowest BCUT2D eigenvalue weighted by atomic mass is 10.1. The van der Waals surface area contributed by atoms with Crippen molar-refractivity contribution in [3.05, 3.63) is 62.4 Å². The molecule has 0 spiro atoms. The molecule has 0 aliphatic rings. The van der Waals surface area contributed by atoms with Crippen LogP contribution in [-0.4, -0.2) is 15.3 Å². The molecule has 1 aromatic carbocycles. The predicted molar refractivity (Wildman–Crippen MR) is 83.6 cm³/mol. The minimum atomic E-state index is -0.396. The Balaban J connectivity index is 2.23. The molecule has 21 heavy (non-hydrogen) atoms. The summed E-state index contributed by atoms with van der Waals surface area (Å²) in [5.41, 5.74) is 1.32. The highest BCUT2D eigenvalue weighted by Gasteiger charge is 2.15. The number of aromatic nitrogens is 1. The second kappa shape index (κ2) is 6.67. The van der Waals surface area contributed by atoms with Gasteiger partial charge in [0.1, 0.15) is 0 Å². The zero-order chi connectivity index (χ0) is 15.4. The summed E-state index contributed by atoms with van der Waals surface area (Å²) in [7, 11) is 0. The zero-order valence-electron chi connectivity index (χ0n) is 11.6. The Morgan fingerprint density at radius 1 is 1.38 bits per heavy atom. The van der Waals surface area contributed by atoms with E-state index in [0.29, 0.717) is 28.6 Å². The minimum absolute atomic E-state index is 0.0690. The lowest BCUT2D eigenvalue weighted by Crippen LogP contribution is -2.02. The van der Waals surface area contributed by atoms with Crippen molar-refractivity contribution in [3.63, 3.8) is 0 Å². The molecule has 0 atom stereocenters. The number of Topliss-reactive ketones (excluding diaryl/α,β-unsaturated/α-hetero) is 1. The summed E-state index contributed by atoms with van der Waals surface area (Å²) in [6.45, 7) is 2.32. The van der Waals surface area contributed by atoms with Gasteiger partial charge in [-0.3, -0.25) is 14.9 Å². The van der Waals surface area contributed by atoms with Crippen LogP contribution in [0.4, 0.5) is 5.69 Å². The average Bonchev–Trinajstić information content (AvgIpc) is 2.89. The molecule has 2 rings (SSSR count). The molecule has 0 aliphatic carbocycles. The number of nitro benzene ring substituents is 1. The largest absolute Gasteiger partial charge is 0.349 e. The predicted octanol–water partition coefficient (Wildman–Crippen LogP) is 4.19. The van der Waals surface area contributed by atoms with E-state index in [1.807, 2.05) is 6.92 Å². The van der Waals surface area contributed by atoms with Crippen molar-refractivity contribution in [1.82, 2.24) is 4.57 Å². The van der Waals surface area contributed by atoms with Crippen molar-refractivity contribution in [2.75, 3.05) is 0 Å². The monoisotopic (exact) mass is 350 g/mol. The fraction of sp³-hybridized carbons (Fsp3) is 0.267. The van der Waals surface area contributed by atoms with Crippen LogP contribution in [0.15, 0.2) is 41.1 Å². The van der Waals surface area contributed by atoms with Crippen LogP contribution < -0.4 is 0 Å². The van der Waals surface area contributed by atoms with Gasteiger partial charge in [-0.2, -0.15) is 0 Å². The molecule has 0 fully saturated rings. The van der Waals surface area contributed by atoms with Crippen molar-refractivity contribution in [1.29, 1.82) is 0 Å². The molecule has 6 heteroatoms. The van der Waals surface area contributed by atoms with E-state index in [4.69, 9.17) is 0 Å². The Hall–Kier alpha value is -1.95. The molecule has 0 unspecified atom stereocenters. The lowest BCUT2D eigenvalue weighted by molar-refractivity contribution is -0.385. The van der Waals surface area contributed by atoms with Crippen LogP contribution in [0.25, 0.3) is 0 Å². The fourth-order valence-corrected chi connectivity index (χ4v) is 2.46. The first-order valence-electron chi connectivity index (χ1n) is 6.63. The highest BCUT2D eigenvalue weighted by atomic mass is 79.9. The van der Waals surface area contributed by atoms with Gasteiger partial charge in [0.2, 0.25) is 0 Å². The molecule has 1 aromatic heterocycles. The Kier molecular flexibility index (Phi) is 4.90. The number of halogens is 1. The van der Waals surface area contributed by atoms with Gasteiger partial charge in [0.05, 0.1) is 11.5 Å². The van der Waals surface area contributed by atoms with E-state index in [0.717, 1.165) is 6.42 Å². The molecular weight excluding hydrogens is 336 g/mol. The Morgan fingerprint density at radius 2 is 2.14 bits per heavy atom. The van der Waals surface area contributed by atoms with Gasteiger partial charge in [-0.25, -0.2) is 0 Å². The van der Waals surface area contributed by atoms with Crippen molar-refractivity contribution in [2.24, 2.45) is 0 Å². The number of benzene rings is 1. The number of hydrogen-bond acceptors (Lipinski definition) is 3. The summed E-state index contributed by atoms with van der Waals surface area (Å²) < 4.78 is 2.46. The average molecular weight is 351 g/mol. The van der Waals surface area contributed by atoms with Crippen molar-refractivity contribution < 1.29 is 9.72 Å². The van der Waals surface area contributed by atoms with Crippen LogP contribution in [0, 0.1) is 10.1 Å². The Bertz CT molecular complexity index is 679. The van der Waals surface area contributed by atoms with Crippen LogP contribution in [0.3, 0.4) is 0 Å². The quantitative estimate of drug-likeness (QED) is 0.445. The van der Waals surface area contributed by atoms with Gasteiger partial charge < -0.3 is 4.57 Å². The van der Waals surface area contributed by atoms with Gasteiger partial charge in [-0.1, -0.05) is 22.9 Å². The molecule has 0 saturated carbocycles. The smallest absolute Gasteiger partial charge is 0.275 e. The summed E-state index contributed by atoms with van der Waals surface area (Å²) in [6, 6.07) is 6.73. The maximum Gasteiger partial charge on any atom is 0.275 e. The van der Waals surface area contributed by atoms with E-state index < -0.39 is 4.92 Å². The highest BCUT2D eigenvalue weighted by molar-refractivity contribution is 9.10. The summed E-state index contributed by atoms with van der Waals surface area (Å²) >= 11 is 3.23. The van der Waals surface area contributed by atoms with Crippen molar-refractivity contribution in [2.45, 2.75) is 26.3 Å². The number of carbonyl (C=O) groups excluding carboxylic acids is 1. The van der Waals surface area contributed by atoms with Gasteiger partial charge in [0, 0.05) is 40.5 Å². The molecule has 0 bridgehead atoms. The van der Waals surface area contributed by atoms with Crippen LogP contribution >= 0.6 is 15.9 Å². The summed E-state index contributed by atoms with van der Waals surface area (Å²) in [4.78, 5) is 22.5. The maximum atomic E-state index is 11.8. The number of nitrogens with zero attached hydrogens (tertiary/aromatic N) is 2. The highest BCUT2D eigenvalue weighted by Crippen LogP contribution is 2.24. The topological polar surface area (TPSA) is 65.1 Å². The SMILES string of the molecule is CCCC(=O)c1ccn(Cc2ccc(Br)cc2[N+](=O)[O-])c1. The van der Waals surface area contributed by atoms with Gasteiger partial charge in [-0.15, -0.1) is 0 Å². The maximum absolute atomic E-state index is 11.8. The van der Waals surface area contributed by atoms with Crippen LogP contribution in [-0.2, 0) is 6.54 Å². The number of ketones is 1. The number of nitro groups is 1.